The summed E-state index contributed by atoms with van der Waals surface area (Å²) in [4.78, 5) is 0. The molecule has 0 N–H and O–H groups in total. The second-order valence-electron chi connectivity index (χ2n) is 7.00. The van der Waals surface area contributed by atoms with Crippen LogP contribution >= 0.6 is 0 Å². The van der Waals surface area contributed by atoms with Crippen molar-refractivity contribution in [2.24, 2.45) is 35.5 Å². The van der Waals surface area contributed by atoms with E-state index in [2.05, 4.69) is 41.5 Å². The third kappa shape index (κ3) is 4.00. The average molecular weight is 238 g/mol. The molecule has 0 bridgehead atoms. The molecule has 0 heterocycles. The van der Waals surface area contributed by atoms with Crippen LogP contribution in [0.1, 0.15) is 73.6 Å². The van der Waals surface area contributed by atoms with E-state index in [0.717, 1.165) is 35.5 Å². The Morgan fingerprint density at radius 2 is 1.35 bits per heavy atom. The topological polar surface area (TPSA) is 0 Å². The molecule has 1 aliphatic rings. The van der Waals surface area contributed by atoms with Gasteiger partial charge in [-0.25, -0.2) is 0 Å². The normalized spacial score (nSPS) is 29.8. The van der Waals surface area contributed by atoms with Gasteiger partial charge in [-0.2, -0.15) is 0 Å². The Kier molecular flexibility index (Phi) is 6.03. The maximum atomic E-state index is 2.50. The van der Waals surface area contributed by atoms with E-state index < -0.39 is 0 Å². The van der Waals surface area contributed by atoms with Crippen molar-refractivity contribution in [1.82, 2.24) is 0 Å². The van der Waals surface area contributed by atoms with Crippen molar-refractivity contribution in [3.8, 4) is 0 Å². The molecule has 0 heteroatoms. The SMILES string of the molecule is CCC(C)C1CC(C(C)CC(CC)C(C)C)C1. The Labute approximate surface area is 110 Å². The zero-order valence-corrected chi connectivity index (χ0v) is 13.0. The summed E-state index contributed by atoms with van der Waals surface area (Å²) in [6.45, 7) is 14.4. The van der Waals surface area contributed by atoms with Gasteiger partial charge in [0.15, 0.2) is 0 Å². The van der Waals surface area contributed by atoms with E-state index in [0.29, 0.717) is 0 Å². The Hall–Kier alpha value is 0. The van der Waals surface area contributed by atoms with Crippen LogP contribution in [-0.4, -0.2) is 0 Å². The third-order valence-electron chi connectivity index (χ3n) is 5.61. The number of hydrogen-bond acceptors (Lipinski definition) is 0. The van der Waals surface area contributed by atoms with Crippen LogP contribution in [-0.2, 0) is 0 Å². The van der Waals surface area contributed by atoms with Crippen LogP contribution in [0.4, 0.5) is 0 Å². The summed E-state index contributed by atoms with van der Waals surface area (Å²) in [6.07, 6.45) is 7.24. The minimum atomic E-state index is 0.868. The Balaban J connectivity index is 2.29. The summed E-state index contributed by atoms with van der Waals surface area (Å²) in [5, 5.41) is 0. The fraction of sp³-hybridized carbons (Fsp3) is 1.00. The van der Waals surface area contributed by atoms with Gasteiger partial charge in [-0.3, -0.25) is 0 Å². The standard InChI is InChI=1S/C17H34/c1-7-13(5)16-10-17(11-16)14(6)9-15(8-2)12(3)4/h12-17H,7-11H2,1-6H3. The predicted octanol–water partition coefficient (Wildman–Crippen LogP) is 5.77. The second-order valence-corrected chi connectivity index (χ2v) is 7.00. The average Bonchev–Trinajstić information content (AvgIpc) is 2.22. The maximum absolute atomic E-state index is 2.50. The fourth-order valence-corrected chi connectivity index (χ4v) is 3.55. The lowest BCUT2D eigenvalue weighted by Crippen LogP contribution is -2.33. The van der Waals surface area contributed by atoms with Gasteiger partial charge in [-0.15, -0.1) is 0 Å². The highest BCUT2D eigenvalue weighted by Gasteiger charge is 2.35. The lowest BCUT2D eigenvalue weighted by atomic mass is 9.62. The molecule has 1 fully saturated rings. The molecule has 3 atom stereocenters. The summed E-state index contributed by atoms with van der Waals surface area (Å²) in [6, 6.07) is 0. The Morgan fingerprint density at radius 3 is 1.76 bits per heavy atom. The molecule has 102 valence electrons. The number of rotatable bonds is 7. The first-order valence-corrected chi connectivity index (χ1v) is 7.99. The maximum Gasteiger partial charge on any atom is -0.0383 e. The molecular weight excluding hydrogens is 204 g/mol. The Bertz CT molecular complexity index is 200. The predicted molar refractivity (Wildman–Crippen MR) is 78.1 cm³/mol. The third-order valence-corrected chi connectivity index (χ3v) is 5.61. The summed E-state index contributed by atoms with van der Waals surface area (Å²) < 4.78 is 0. The highest BCUT2D eigenvalue weighted by atomic mass is 14.4. The van der Waals surface area contributed by atoms with Gasteiger partial charge >= 0.3 is 0 Å². The first kappa shape index (κ1) is 15.1. The summed E-state index contributed by atoms with van der Waals surface area (Å²) in [5.74, 6) is 5.84. The van der Waals surface area contributed by atoms with Crippen LogP contribution in [0.5, 0.6) is 0 Å². The van der Waals surface area contributed by atoms with Crippen molar-refractivity contribution in [1.29, 1.82) is 0 Å². The molecule has 0 saturated heterocycles. The molecule has 0 nitrogen and oxygen atoms in total. The molecule has 0 spiro atoms. The monoisotopic (exact) mass is 238 g/mol. The lowest BCUT2D eigenvalue weighted by Gasteiger charge is -2.43. The quantitative estimate of drug-likeness (QED) is 0.528. The summed E-state index contributed by atoms with van der Waals surface area (Å²) in [7, 11) is 0. The van der Waals surface area contributed by atoms with E-state index >= 15 is 0 Å². The van der Waals surface area contributed by atoms with Crippen LogP contribution in [0, 0.1) is 35.5 Å². The molecule has 1 saturated carbocycles. The van der Waals surface area contributed by atoms with Gasteiger partial charge in [0.25, 0.3) is 0 Å². The van der Waals surface area contributed by atoms with Crippen LogP contribution in [0.25, 0.3) is 0 Å². The van der Waals surface area contributed by atoms with Gasteiger partial charge in [0.05, 0.1) is 0 Å². The van der Waals surface area contributed by atoms with Crippen LogP contribution in [0.2, 0.25) is 0 Å². The van der Waals surface area contributed by atoms with Crippen LogP contribution < -0.4 is 0 Å². The van der Waals surface area contributed by atoms with Crippen molar-refractivity contribution < 1.29 is 0 Å². The molecule has 17 heavy (non-hydrogen) atoms. The highest BCUT2D eigenvalue weighted by molar-refractivity contribution is 4.86. The van der Waals surface area contributed by atoms with E-state index in [9.17, 15) is 0 Å². The van der Waals surface area contributed by atoms with Crippen molar-refractivity contribution >= 4 is 0 Å². The molecule has 0 aromatic carbocycles. The molecular formula is C17H34. The largest absolute Gasteiger partial charge is 0.0651 e. The number of hydrogen-bond donors (Lipinski definition) is 0. The summed E-state index contributed by atoms with van der Waals surface area (Å²) >= 11 is 0. The fourth-order valence-electron chi connectivity index (χ4n) is 3.55. The molecule has 0 amide bonds. The first-order valence-electron chi connectivity index (χ1n) is 7.99. The van der Waals surface area contributed by atoms with E-state index in [1.54, 1.807) is 0 Å². The van der Waals surface area contributed by atoms with Gasteiger partial charge in [0, 0.05) is 0 Å². The van der Waals surface area contributed by atoms with Crippen molar-refractivity contribution in [2.45, 2.75) is 73.6 Å². The van der Waals surface area contributed by atoms with Crippen molar-refractivity contribution in [3.05, 3.63) is 0 Å². The summed E-state index contributed by atoms with van der Waals surface area (Å²) in [5.41, 5.74) is 0. The van der Waals surface area contributed by atoms with E-state index in [4.69, 9.17) is 0 Å². The highest BCUT2D eigenvalue weighted by Crippen LogP contribution is 2.45. The van der Waals surface area contributed by atoms with Crippen LogP contribution in [0.15, 0.2) is 0 Å². The van der Waals surface area contributed by atoms with E-state index in [1.165, 1.54) is 32.1 Å². The molecule has 0 aromatic heterocycles. The van der Waals surface area contributed by atoms with Gasteiger partial charge in [0.1, 0.15) is 0 Å². The Morgan fingerprint density at radius 1 is 0.824 bits per heavy atom. The van der Waals surface area contributed by atoms with Crippen LogP contribution in [0.3, 0.4) is 0 Å². The molecule has 0 aromatic rings. The first-order chi connectivity index (χ1) is 7.99. The smallest absolute Gasteiger partial charge is 0.0383 e. The lowest BCUT2D eigenvalue weighted by molar-refractivity contribution is 0.0713. The molecule has 0 aliphatic heterocycles. The van der Waals surface area contributed by atoms with Crippen molar-refractivity contribution in [3.63, 3.8) is 0 Å². The molecule has 1 aliphatic carbocycles. The molecule has 0 radical (unpaired) electrons. The van der Waals surface area contributed by atoms with Gasteiger partial charge in [0.2, 0.25) is 0 Å². The molecule has 1 rings (SSSR count). The van der Waals surface area contributed by atoms with Gasteiger partial charge < -0.3 is 0 Å². The zero-order valence-electron chi connectivity index (χ0n) is 13.0. The second kappa shape index (κ2) is 6.81. The zero-order chi connectivity index (χ0) is 13.0. The van der Waals surface area contributed by atoms with E-state index in [-0.39, 0.29) is 0 Å². The minimum Gasteiger partial charge on any atom is -0.0651 e. The molecule has 3 unspecified atom stereocenters. The van der Waals surface area contributed by atoms with Gasteiger partial charge in [-0.05, 0) is 54.8 Å². The van der Waals surface area contributed by atoms with Crippen molar-refractivity contribution in [2.75, 3.05) is 0 Å². The minimum absolute atomic E-state index is 0.868. The van der Waals surface area contributed by atoms with Gasteiger partial charge in [-0.1, -0.05) is 54.4 Å². The van der Waals surface area contributed by atoms with E-state index in [1.807, 2.05) is 0 Å².